The molecule has 1 aliphatic rings. The average Bonchev–Trinajstić information content (AvgIpc) is 3.56. The molecule has 45 heavy (non-hydrogen) atoms. The molecule has 1 unspecified atom stereocenters. The monoisotopic (exact) mass is 599 g/mol. The van der Waals surface area contributed by atoms with Gasteiger partial charge in [-0.15, -0.1) is 0 Å². The molecule has 0 radical (unpaired) electrons. The van der Waals surface area contributed by atoms with Crippen molar-refractivity contribution < 1.29 is 4.21 Å². The summed E-state index contributed by atoms with van der Waals surface area (Å²) in [6, 6.07) is 47.6. The van der Waals surface area contributed by atoms with Crippen molar-refractivity contribution in [1.82, 2.24) is 9.13 Å². The molecule has 216 valence electrons. The van der Waals surface area contributed by atoms with E-state index < -0.39 is 9.73 Å². The van der Waals surface area contributed by atoms with Gasteiger partial charge >= 0.3 is 0 Å². The Bertz CT molecular complexity index is 2670. The van der Waals surface area contributed by atoms with Gasteiger partial charge in [-0.05, 0) is 96.4 Å². The Morgan fingerprint density at radius 2 is 1.07 bits per heavy atom. The van der Waals surface area contributed by atoms with Crippen LogP contribution in [0.25, 0.3) is 72.2 Å². The highest BCUT2D eigenvalue weighted by Gasteiger charge is 2.19. The van der Waals surface area contributed by atoms with Crippen LogP contribution in [0.1, 0.15) is 12.5 Å². The molecular weight excluding hydrogens is 571 g/mol. The largest absolute Gasteiger partial charge is 0.309 e. The molecule has 0 amide bonds. The number of rotatable bonds is 3. The van der Waals surface area contributed by atoms with Crippen LogP contribution in [0.3, 0.4) is 0 Å². The van der Waals surface area contributed by atoms with E-state index in [2.05, 4.69) is 141 Å². The minimum atomic E-state index is -2.45. The predicted molar refractivity (Wildman–Crippen MR) is 189 cm³/mol. The van der Waals surface area contributed by atoms with E-state index >= 15 is 0 Å². The van der Waals surface area contributed by atoms with Crippen LogP contribution in [-0.2, 0) is 9.73 Å². The predicted octanol–water partition coefficient (Wildman–Crippen LogP) is 10.4. The Kier molecular flexibility index (Phi) is 5.53. The number of benzene rings is 6. The lowest BCUT2D eigenvalue weighted by atomic mass is 10.0. The Morgan fingerprint density at radius 1 is 0.533 bits per heavy atom. The van der Waals surface area contributed by atoms with Crippen molar-refractivity contribution >= 4 is 59.4 Å². The lowest BCUT2D eigenvalue weighted by molar-refractivity contribution is 0.679. The maximum atomic E-state index is 13.2. The van der Waals surface area contributed by atoms with Crippen LogP contribution in [0.5, 0.6) is 0 Å². The smallest absolute Gasteiger partial charge is 0.0774 e. The molecule has 9 rings (SSSR count). The summed E-state index contributed by atoms with van der Waals surface area (Å²) in [4.78, 5) is 0.795. The van der Waals surface area contributed by atoms with Crippen molar-refractivity contribution in [2.75, 3.05) is 6.26 Å². The minimum absolute atomic E-state index is 0.794. The first-order chi connectivity index (χ1) is 22.0. The zero-order chi connectivity index (χ0) is 30.3. The van der Waals surface area contributed by atoms with Gasteiger partial charge in [-0.1, -0.05) is 66.7 Å². The first-order valence-corrected chi connectivity index (χ1v) is 17.1. The summed E-state index contributed by atoms with van der Waals surface area (Å²) in [6.45, 7) is 1.91. The summed E-state index contributed by atoms with van der Waals surface area (Å²) in [7, 11) is -2.45. The first-order valence-electron chi connectivity index (χ1n) is 15.1. The zero-order valence-electron chi connectivity index (χ0n) is 24.9. The second-order valence-corrected chi connectivity index (χ2v) is 14.1. The number of fused-ring (bicyclic) bond motifs is 7. The van der Waals surface area contributed by atoms with E-state index in [1.54, 1.807) is 6.26 Å². The molecule has 5 heteroatoms. The molecule has 0 spiro atoms. The third-order valence-corrected chi connectivity index (χ3v) is 10.9. The summed E-state index contributed by atoms with van der Waals surface area (Å²) < 4.78 is 22.3. The molecule has 0 aliphatic carbocycles. The lowest BCUT2D eigenvalue weighted by Crippen LogP contribution is -2.05. The number of para-hydroxylation sites is 3. The van der Waals surface area contributed by atoms with Crippen LogP contribution in [-0.4, -0.2) is 19.6 Å². The van der Waals surface area contributed by atoms with Crippen molar-refractivity contribution in [1.29, 1.82) is 0 Å². The van der Waals surface area contributed by atoms with Crippen LogP contribution in [0, 0.1) is 0 Å². The number of hydrogen-bond acceptors (Lipinski definition) is 2. The van der Waals surface area contributed by atoms with Gasteiger partial charge in [-0.25, -0.2) is 8.57 Å². The molecule has 3 heterocycles. The summed E-state index contributed by atoms with van der Waals surface area (Å²) in [5.74, 6) is 0. The molecule has 1 aliphatic heterocycles. The van der Waals surface area contributed by atoms with Gasteiger partial charge in [0.2, 0.25) is 0 Å². The topological polar surface area (TPSA) is 39.3 Å². The fourth-order valence-electron chi connectivity index (χ4n) is 7.15. The molecule has 8 aromatic rings. The molecule has 0 saturated carbocycles. The minimum Gasteiger partial charge on any atom is -0.309 e. The van der Waals surface area contributed by atoms with Crippen LogP contribution in [0.2, 0.25) is 0 Å². The maximum Gasteiger partial charge on any atom is 0.0774 e. The summed E-state index contributed by atoms with van der Waals surface area (Å²) >= 11 is 0. The standard InChI is InChI=1S/C40H29N3OS/c1-26-22-29-23-31(18-21-40(29)45(2,44)41-26)43-37-15-9-7-13-33(37)35-25-28(17-20-39(35)43)27-16-19-38-34(24-27)32-12-6-8-14-36(32)42(38)30-10-4-3-5-11-30/h3-25H,1-2H3. The van der Waals surface area contributed by atoms with Gasteiger partial charge in [0.15, 0.2) is 0 Å². The average molecular weight is 600 g/mol. The number of nitrogens with zero attached hydrogens (tertiary/aromatic N) is 3. The van der Waals surface area contributed by atoms with E-state index in [1.807, 2.05) is 19.1 Å². The normalized spacial score (nSPS) is 16.3. The zero-order valence-corrected chi connectivity index (χ0v) is 25.8. The van der Waals surface area contributed by atoms with Crippen LogP contribution in [0.15, 0.2) is 148 Å². The van der Waals surface area contributed by atoms with Crippen molar-refractivity contribution in [2.24, 2.45) is 4.36 Å². The van der Waals surface area contributed by atoms with Gasteiger partial charge in [0.1, 0.15) is 0 Å². The van der Waals surface area contributed by atoms with Crippen LogP contribution in [0.4, 0.5) is 0 Å². The van der Waals surface area contributed by atoms with Gasteiger partial charge < -0.3 is 9.13 Å². The summed E-state index contributed by atoms with van der Waals surface area (Å²) in [6.07, 6.45) is 3.75. The number of hydrogen-bond donors (Lipinski definition) is 0. The molecule has 0 bridgehead atoms. The highest BCUT2D eigenvalue weighted by Crippen LogP contribution is 2.39. The maximum absolute atomic E-state index is 13.2. The molecule has 2 aromatic heterocycles. The van der Waals surface area contributed by atoms with Gasteiger partial charge in [0, 0.05) is 44.9 Å². The molecule has 0 N–H and O–H groups in total. The van der Waals surface area contributed by atoms with Crippen molar-refractivity contribution in [3.8, 4) is 22.5 Å². The second kappa shape index (κ2) is 9.55. The molecule has 4 nitrogen and oxygen atoms in total. The highest BCUT2D eigenvalue weighted by atomic mass is 32.2. The third kappa shape index (κ3) is 3.94. The summed E-state index contributed by atoms with van der Waals surface area (Å²) in [5.41, 5.74) is 11.0. The molecule has 1 atom stereocenters. The van der Waals surface area contributed by atoms with E-state index in [0.717, 1.165) is 38.6 Å². The van der Waals surface area contributed by atoms with E-state index in [-0.39, 0.29) is 0 Å². The van der Waals surface area contributed by atoms with Gasteiger partial charge in [-0.2, -0.15) is 0 Å². The van der Waals surface area contributed by atoms with Gasteiger partial charge in [0.05, 0.1) is 36.7 Å². The van der Waals surface area contributed by atoms with Crippen molar-refractivity contribution in [3.05, 3.63) is 145 Å². The first kappa shape index (κ1) is 26.1. The number of aromatic nitrogens is 2. The lowest BCUT2D eigenvalue weighted by Gasteiger charge is -2.16. The van der Waals surface area contributed by atoms with Crippen LogP contribution < -0.4 is 0 Å². The molecule has 6 aromatic carbocycles. The molecule has 0 fully saturated rings. The summed E-state index contributed by atoms with van der Waals surface area (Å²) in [5, 5.41) is 4.89. The Morgan fingerprint density at radius 3 is 1.69 bits per heavy atom. The third-order valence-electron chi connectivity index (χ3n) is 9.04. The van der Waals surface area contributed by atoms with Crippen LogP contribution >= 0.6 is 0 Å². The SMILES string of the molecule is CC1=Cc2cc(-n3c4ccccc4c4cc(-c5ccc6c(c5)c5ccccc5n6-c5ccccc5)ccc43)ccc2S(C)(=O)=N1. The van der Waals surface area contributed by atoms with E-state index in [9.17, 15) is 4.21 Å². The quantitative estimate of drug-likeness (QED) is 0.199. The van der Waals surface area contributed by atoms with E-state index in [0.29, 0.717) is 0 Å². The second-order valence-electron chi connectivity index (χ2n) is 11.9. The van der Waals surface area contributed by atoms with Crippen molar-refractivity contribution in [3.63, 3.8) is 0 Å². The van der Waals surface area contributed by atoms with Crippen molar-refractivity contribution in [2.45, 2.75) is 11.8 Å². The number of allylic oxidation sites excluding steroid dienone is 1. The Labute approximate surface area is 261 Å². The van der Waals surface area contributed by atoms with E-state index in [1.165, 1.54) is 43.7 Å². The fourth-order valence-corrected chi connectivity index (χ4v) is 8.72. The molecule has 0 saturated heterocycles. The Hall–Kier alpha value is -5.39. The highest BCUT2D eigenvalue weighted by molar-refractivity contribution is 7.93. The fraction of sp³-hybridized carbons (Fsp3) is 0.0500. The van der Waals surface area contributed by atoms with E-state index in [4.69, 9.17) is 0 Å². The van der Waals surface area contributed by atoms with Gasteiger partial charge in [0.25, 0.3) is 0 Å². The van der Waals surface area contributed by atoms with Gasteiger partial charge in [-0.3, -0.25) is 0 Å². The Balaban J connectivity index is 1.24. The molecular formula is C40H29N3OS.